The van der Waals surface area contributed by atoms with E-state index in [4.69, 9.17) is 4.74 Å². The first-order chi connectivity index (χ1) is 27.8. The largest absolute Gasteiger partial charge is 0.423 e. The summed E-state index contributed by atoms with van der Waals surface area (Å²) < 4.78 is 19.4. The molecule has 298 valence electrons. The highest BCUT2D eigenvalue weighted by molar-refractivity contribution is 6.04. The number of ether oxygens (including phenoxy) is 1. The fourth-order valence-corrected chi connectivity index (χ4v) is 6.32. The van der Waals surface area contributed by atoms with Crippen molar-refractivity contribution in [2.45, 2.75) is 110 Å². The van der Waals surface area contributed by atoms with E-state index < -0.39 is 11.8 Å². The van der Waals surface area contributed by atoms with Gasteiger partial charge >= 0.3 is 5.97 Å². The van der Waals surface area contributed by atoms with Gasteiger partial charge in [-0.05, 0) is 55.0 Å². The van der Waals surface area contributed by atoms with Gasteiger partial charge in [0.05, 0.1) is 0 Å². The molecular weight excluding hydrogens is 712 g/mol. The fourth-order valence-electron chi connectivity index (χ4n) is 6.32. The number of rotatable bonds is 22. The summed E-state index contributed by atoms with van der Waals surface area (Å²) in [5, 5.41) is 0. The molecule has 0 atom stereocenters. The maximum absolute atomic E-state index is 14.5. The predicted octanol–water partition coefficient (Wildman–Crippen LogP) is 12.7. The lowest BCUT2D eigenvalue weighted by molar-refractivity contribution is -0.128. The molecule has 0 radical (unpaired) electrons. The molecule has 0 amide bonds. The van der Waals surface area contributed by atoms with Crippen molar-refractivity contribution < 1.29 is 18.7 Å². The number of hydrogen-bond acceptors (Lipinski definition) is 7. The van der Waals surface area contributed by atoms with E-state index in [-0.39, 0.29) is 11.5 Å². The molecule has 0 unspecified atom stereocenters. The van der Waals surface area contributed by atoms with Crippen LogP contribution in [0.25, 0.3) is 33.9 Å². The van der Waals surface area contributed by atoms with Crippen LogP contribution in [0.3, 0.4) is 0 Å². The molecule has 57 heavy (non-hydrogen) atoms. The van der Waals surface area contributed by atoms with Crippen molar-refractivity contribution in [1.82, 2.24) is 19.9 Å². The highest BCUT2D eigenvalue weighted by atomic mass is 19.1. The SMILES string of the molecule is C=CC(=O)Oc1ccc(-c2cnc(-c3ccc(CCCCCCCC)cc3)nc2)c(F)c1.C=CC(=O)c1ccc(-c2ncc(CCCCCCCCC)cn2)cc1. The lowest BCUT2D eigenvalue weighted by Gasteiger charge is -2.07. The van der Waals surface area contributed by atoms with Gasteiger partial charge in [-0.3, -0.25) is 4.79 Å². The zero-order chi connectivity index (χ0) is 40.7. The summed E-state index contributed by atoms with van der Waals surface area (Å²) in [5.41, 5.74) is 5.88. The molecule has 5 rings (SSSR count). The second-order valence-corrected chi connectivity index (χ2v) is 14.2. The Morgan fingerprint density at radius 1 is 0.579 bits per heavy atom. The quantitative estimate of drug-likeness (QED) is 0.0227. The van der Waals surface area contributed by atoms with Crippen LogP contribution >= 0.6 is 0 Å². The van der Waals surface area contributed by atoms with Gasteiger partial charge < -0.3 is 4.74 Å². The fraction of sp³-hybridized carbons (Fsp3) is 0.347. The summed E-state index contributed by atoms with van der Waals surface area (Å²) in [6.45, 7) is 11.3. The molecule has 2 heterocycles. The van der Waals surface area contributed by atoms with Crippen LogP contribution < -0.4 is 4.74 Å². The minimum absolute atomic E-state index is 0.0717. The molecule has 0 aliphatic heterocycles. The van der Waals surface area contributed by atoms with Gasteiger partial charge in [-0.15, -0.1) is 0 Å². The molecule has 0 N–H and O–H groups in total. The van der Waals surface area contributed by atoms with Crippen LogP contribution in [-0.2, 0) is 17.6 Å². The maximum atomic E-state index is 14.5. The Morgan fingerprint density at radius 3 is 1.58 bits per heavy atom. The van der Waals surface area contributed by atoms with E-state index in [9.17, 15) is 14.0 Å². The topological polar surface area (TPSA) is 94.9 Å². The van der Waals surface area contributed by atoms with Crippen molar-refractivity contribution in [2.24, 2.45) is 0 Å². The average molecular weight is 769 g/mol. The summed E-state index contributed by atoms with van der Waals surface area (Å²) in [6.07, 6.45) is 28.5. The van der Waals surface area contributed by atoms with Gasteiger partial charge in [0.1, 0.15) is 11.6 Å². The Kier molecular flexibility index (Phi) is 19.2. The van der Waals surface area contributed by atoms with E-state index in [0.717, 1.165) is 36.1 Å². The number of carbonyl (C=O) groups is 2. The smallest absolute Gasteiger partial charge is 0.335 e. The monoisotopic (exact) mass is 768 g/mol. The Morgan fingerprint density at radius 2 is 1.07 bits per heavy atom. The van der Waals surface area contributed by atoms with Crippen molar-refractivity contribution in [3.63, 3.8) is 0 Å². The molecule has 2 aromatic heterocycles. The number of esters is 1. The third kappa shape index (κ3) is 15.1. The number of allylic oxidation sites excluding steroid dienone is 1. The number of nitrogens with zero attached hydrogens (tertiary/aromatic N) is 4. The van der Waals surface area contributed by atoms with Crippen molar-refractivity contribution >= 4 is 11.8 Å². The molecule has 0 saturated heterocycles. The molecule has 0 bridgehead atoms. The first-order valence-electron chi connectivity index (χ1n) is 20.5. The van der Waals surface area contributed by atoms with E-state index >= 15 is 0 Å². The zero-order valence-electron chi connectivity index (χ0n) is 33.7. The standard InChI is InChI=1S/C27H29FN2O2.C22H28N2O/c1-3-5-6-7-8-9-10-20-11-13-21(14-12-20)27-29-18-22(19-30-27)24-16-15-23(17-25(24)28)32-26(31)4-2;1-3-5-6-7-8-9-10-11-18-16-23-22(24-17-18)20-14-12-19(13-15-20)21(25)4-2/h4,11-19H,2-3,5-10H2,1H3;4,12-17H,2-3,5-11H2,1H3. The Hall–Kier alpha value is -5.63. The van der Waals surface area contributed by atoms with E-state index in [1.54, 1.807) is 24.5 Å². The predicted molar refractivity (Wildman–Crippen MR) is 229 cm³/mol. The van der Waals surface area contributed by atoms with Gasteiger partial charge in [0, 0.05) is 64.7 Å². The van der Waals surface area contributed by atoms with Crippen molar-refractivity contribution in [3.05, 3.63) is 139 Å². The van der Waals surface area contributed by atoms with Gasteiger partial charge in [-0.25, -0.2) is 29.1 Å². The van der Waals surface area contributed by atoms with E-state index in [1.165, 1.54) is 113 Å². The third-order valence-electron chi connectivity index (χ3n) is 9.71. The first-order valence-corrected chi connectivity index (χ1v) is 20.5. The summed E-state index contributed by atoms with van der Waals surface area (Å²) >= 11 is 0. The Labute approximate surface area is 338 Å². The van der Waals surface area contributed by atoms with Gasteiger partial charge in [-0.2, -0.15) is 0 Å². The second-order valence-electron chi connectivity index (χ2n) is 14.2. The van der Waals surface area contributed by atoms with Crippen LogP contribution in [0, 0.1) is 5.82 Å². The van der Waals surface area contributed by atoms with Crippen LogP contribution in [0.5, 0.6) is 5.75 Å². The van der Waals surface area contributed by atoms with Gasteiger partial charge in [0.25, 0.3) is 0 Å². The minimum atomic E-state index is -0.636. The van der Waals surface area contributed by atoms with Crippen LogP contribution in [0.1, 0.15) is 119 Å². The van der Waals surface area contributed by atoms with Crippen molar-refractivity contribution in [1.29, 1.82) is 0 Å². The Bertz CT molecular complexity index is 1980. The van der Waals surface area contributed by atoms with Gasteiger partial charge in [-0.1, -0.05) is 146 Å². The zero-order valence-corrected chi connectivity index (χ0v) is 33.7. The van der Waals surface area contributed by atoms with Gasteiger partial charge in [0.2, 0.25) is 0 Å². The lowest BCUT2D eigenvalue weighted by atomic mass is 10.0. The summed E-state index contributed by atoms with van der Waals surface area (Å²) in [4.78, 5) is 40.6. The van der Waals surface area contributed by atoms with Crippen molar-refractivity contribution in [3.8, 4) is 39.7 Å². The molecule has 0 fully saturated rings. The van der Waals surface area contributed by atoms with E-state index in [0.29, 0.717) is 28.3 Å². The van der Waals surface area contributed by atoms with Crippen LogP contribution in [0.4, 0.5) is 4.39 Å². The average Bonchev–Trinajstić information content (AvgIpc) is 3.25. The molecule has 0 aliphatic rings. The number of aryl methyl sites for hydroxylation is 2. The number of halogens is 1. The van der Waals surface area contributed by atoms with E-state index in [2.05, 4.69) is 59.1 Å². The lowest BCUT2D eigenvalue weighted by Crippen LogP contribution is -2.03. The number of hydrogen-bond donors (Lipinski definition) is 0. The Balaban J connectivity index is 0.000000261. The number of benzene rings is 3. The number of aromatic nitrogens is 4. The van der Waals surface area contributed by atoms with E-state index in [1.807, 2.05) is 36.7 Å². The van der Waals surface area contributed by atoms with Crippen LogP contribution in [-0.4, -0.2) is 31.7 Å². The first kappa shape index (κ1) is 44.1. The minimum Gasteiger partial charge on any atom is -0.423 e. The van der Waals surface area contributed by atoms with Crippen LogP contribution in [0.15, 0.2) is 117 Å². The molecule has 8 heteroatoms. The molecule has 0 aliphatic carbocycles. The third-order valence-corrected chi connectivity index (χ3v) is 9.71. The molecular formula is C49H57FN4O3. The van der Waals surface area contributed by atoms with Crippen LogP contribution in [0.2, 0.25) is 0 Å². The summed E-state index contributed by atoms with van der Waals surface area (Å²) in [6, 6.07) is 19.9. The number of unbranched alkanes of at least 4 members (excludes halogenated alkanes) is 11. The number of ketones is 1. The molecule has 5 aromatic rings. The molecule has 0 spiro atoms. The molecule has 3 aromatic carbocycles. The molecule has 7 nitrogen and oxygen atoms in total. The normalized spacial score (nSPS) is 10.6. The van der Waals surface area contributed by atoms with Gasteiger partial charge in [0.15, 0.2) is 17.4 Å². The highest BCUT2D eigenvalue weighted by Gasteiger charge is 2.11. The summed E-state index contributed by atoms with van der Waals surface area (Å²) in [5.74, 6) is 0.183. The number of carbonyl (C=O) groups excluding carboxylic acids is 2. The maximum Gasteiger partial charge on any atom is 0.335 e. The second kappa shape index (κ2) is 24.8. The highest BCUT2D eigenvalue weighted by Crippen LogP contribution is 2.27. The summed E-state index contributed by atoms with van der Waals surface area (Å²) in [7, 11) is 0. The molecule has 0 saturated carbocycles. The van der Waals surface area contributed by atoms with Crippen molar-refractivity contribution in [2.75, 3.05) is 0 Å².